The molecule has 0 saturated heterocycles. The van der Waals surface area contributed by atoms with Crippen molar-refractivity contribution in [2.75, 3.05) is 11.9 Å². The average Bonchev–Trinajstić information content (AvgIpc) is 3.08. The van der Waals surface area contributed by atoms with E-state index in [0.29, 0.717) is 0 Å². The first-order valence-electron chi connectivity index (χ1n) is 8.80. The zero-order chi connectivity index (χ0) is 17.1. The topological polar surface area (TPSA) is 37.8 Å². The summed E-state index contributed by atoms with van der Waals surface area (Å²) < 4.78 is 0. The molecule has 0 spiro atoms. The van der Waals surface area contributed by atoms with Gasteiger partial charge in [-0.3, -0.25) is 0 Å². The lowest BCUT2D eigenvalue weighted by Crippen LogP contribution is -2.07. The standard InChI is InChI=1S/C22H21N3/c1-2-13-23-22-21-19(24-15-25-22)14-18(16-9-5-3-6-10-16)20(21)17-11-7-4-8-12-17/h3-12,15H,2,13-14H2,1H3,(H,23,24,25). The molecule has 0 bridgehead atoms. The lowest BCUT2D eigenvalue weighted by atomic mass is 9.94. The summed E-state index contributed by atoms with van der Waals surface area (Å²) in [7, 11) is 0. The number of anilines is 1. The summed E-state index contributed by atoms with van der Waals surface area (Å²) in [5.41, 5.74) is 7.30. The molecule has 2 aromatic carbocycles. The van der Waals surface area contributed by atoms with Crippen LogP contribution in [0.25, 0.3) is 11.1 Å². The minimum Gasteiger partial charge on any atom is -0.369 e. The number of hydrogen-bond donors (Lipinski definition) is 1. The molecule has 0 aliphatic heterocycles. The lowest BCUT2D eigenvalue weighted by Gasteiger charge is -2.13. The quantitative estimate of drug-likeness (QED) is 0.730. The number of allylic oxidation sites excluding steroid dienone is 1. The summed E-state index contributed by atoms with van der Waals surface area (Å²) in [6.45, 7) is 3.07. The summed E-state index contributed by atoms with van der Waals surface area (Å²) in [4.78, 5) is 9.12. The molecule has 3 heteroatoms. The molecule has 4 rings (SSSR count). The van der Waals surface area contributed by atoms with Crippen LogP contribution >= 0.6 is 0 Å². The van der Waals surface area contributed by atoms with E-state index >= 15 is 0 Å². The van der Waals surface area contributed by atoms with Crippen molar-refractivity contribution < 1.29 is 0 Å². The monoisotopic (exact) mass is 327 g/mol. The Bertz CT molecular complexity index is 899. The summed E-state index contributed by atoms with van der Waals surface area (Å²) in [5, 5.41) is 3.48. The zero-order valence-corrected chi connectivity index (χ0v) is 14.4. The van der Waals surface area contributed by atoms with Crippen molar-refractivity contribution in [2.24, 2.45) is 0 Å². The highest BCUT2D eigenvalue weighted by Gasteiger charge is 2.28. The van der Waals surface area contributed by atoms with Gasteiger partial charge >= 0.3 is 0 Å². The van der Waals surface area contributed by atoms with Crippen LogP contribution in [0.3, 0.4) is 0 Å². The van der Waals surface area contributed by atoms with Gasteiger partial charge in [-0.25, -0.2) is 9.97 Å². The molecule has 3 aromatic rings. The third-order valence-corrected chi connectivity index (χ3v) is 4.55. The molecule has 25 heavy (non-hydrogen) atoms. The molecule has 1 heterocycles. The van der Waals surface area contributed by atoms with E-state index in [9.17, 15) is 0 Å². The predicted molar refractivity (Wildman–Crippen MR) is 103 cm³/mol. The second kappa shape index (κ2) is 6.89. The van der Waals surface area contributed by atoms with Crippen molar-refractivity contribution >= 4 is 17.0 Å². The molecule has 124 valence electrons. The lowest BCUT2D eigenvalue weighted by molar-refractivity contribution is 0.957. The van der Waals surface area contributed by atoms with E-state index in [2.05, 4.69) is 82.9 Å². The fraction of sp³-hybridized carbons (Fsp3) is 0.182. The van der Waals surface area contributed by atoms with E-state index in [-0.39, 0.29) is 0 Å². The molecule has 1 aliphatic rings. The molecule has 1 aromatic heterocycles. The summed E-state index contributed by atoms with van der Waals surface area (Å²) >= 11 is 0. The van der Waals surface area contributed by atoms with Gasteiger partial charge in [-0.05, 0) is 28.7 Å². The van der Waals surface area contributed by atoms with Gasteiger partial charge in [0.15, 0.2) is 0 Å². The molecule has 3 nitrogen and oxygen atoms in total. The van der Waals surface area contributed by atoms with Gasteiger partial charge in [0.25, 0.3) is 0 Å². The highest BCUT2D eigenvalue weighted by atomic mass is 15.0. The Morgan fingerprint density at radius 1 is 0.880 bits per heavy atom. The molecule has 0 atom stereocenters. The van der Waals surface area contributed by atoms with Gasteiger partial charge in [0, 0.05) is 18.5 Å². The zero-order valence-electron chi connectivity index (χ0n) is 14.4. The smallest absolute Gasteiger partial charge is 0.137 e. The van der Waals surface area contributed by atoms with Crippen LogP contribution in [0.1, 0.15) is 35.7 Å². The highest BCUT2D eigenvalue weighted by Crippen LogP contribution is 2.43. The number of nitrogens with one attached hydrogen (secondary N) is 1. The Morgan fingerprint density at radius 3 is 2.24 bits per heavy atom. The largest absolute Gasteiger partial charge is 0.369 e. The molecule has 0 saturated carbocycles. The molecule has 1 aliphatic carbocycles. The van der Waals surface area contributed by atoms with Crippen molar-refractivity contribution in [2.45, 2.75) is 19.8 Å². The maximum atomic E-state index is 4.59. The molecule has 0 radical (unpaired) electrons. The maximum absolute atomic E-state index is 4.59. The Labute approximate surface area is 148 Å². The SMILES string of the molecule is CCCNc1ncnc2c1C(c1ccccc1)=C(c1ccccc1)C2. The van der Waals surface area contributed by atoms with Crippen LogP contribution in [-0.2, 0) is 6.42 Å². The number of nitrogens with zero attached hydrogens (tertiary/aromatic N) is 2. The average molecular weight is 327 g/mol. The fourth-order valence-electron chi connectivity index (χ4n) is 3.41. The summed E-state index contributed by atoms with van der Waals surface area (Å²) in [6.07, 6.45) is 3.58. The third kappa shape index (κ3) is 2.93. The molecule has 0 fully saturated rings. The first-order chi connectivity index (χ1) is 12.4. The Hall–Kier alpha value is -2.94. The minimum absolute atomic E-state index is 0.840. The fourth-order valence-corrected chi connectivity index (χ4v) is 3.41. The number of rotatable bonds is 5. The minimum atomic E-state index is 0.840. The Kier molecular flexibility index (Phi) is 4.30. The number of benzene rings is 2. The van der Waals surface area contributed by atoms with Crippen molar-refractivity contribution in [3.8, 4) is 0 Å². The van der Waals surface area contributed by atoms with Gasteiger partial charge in [-0.2, -0.15) is 0 Å². The predicted octanol–water partition coefficient (Wildman–Crippen LogP) is 4.81. The van der Waals surface area contributed by atoms with Gasteiger partial charge in [0.05, 0.1) is 5.69 Å². The summed E-state index contributed by atoms with van der Waals surface area (Å²) in [5.74, 6) is 0.941. The van der Waals surface area contributed by atoms with Gasteiger partial charge in [0.1, 0.15) is 12.1 Å². The van der Waals surface area contributed by atoms with Gasteiger partial charge < -0.3 is 5.32 Å². The first-order valence-corrected chi connectivity index (χ1v) is 8.80. The number of fused-ring (bicyclic) bond motifs is 1. The normalized spacial score (nSPS) is 13.0. The molecular weight excluding hydrogens is 306 g/mol. The first kappa shape index (κ1) is 15.6. The summed E-state index contributed by atoms with van der Waals surface area (Å²) in [6, 6.07) is 21.2. The third-order valence-electron chi connectivity index (χ3n) is 4.55. The highest BCUT2D eigenvalue weighted by molar-refractivity contribution is 6.05. The van der Waals surface area contributed by atoms with Crippen molar-refractivity contribution in [3.05, 3.63) is 89.4 Å². The molecule has 1 N–H and O–H groups in total. The second-order valence-electron chi connectivity index (χ2n) is 6.23. The van der Waals surface area contributed by atoms with Gasteiger partial charge in [-0.1, -0.05) is 67.6 Å². The van der Waals surface area contributed by atoms with E-state index in [0.717, 1.165) is 36.5 Å². The van der Waals surface area contributed by atoms with Crippen LogP contribution in [0.4, 0.5) is 5.82 Å². The Balaban J connectivity index is 1.93. The van der Waals surface area contributed by atoms with Crippen LogP contribution < -0.4 is 5.32 Å². The van der Waals surface area contributed by atoms with Crippen LogP contribution in [0.5, 0.6) is 0 Å². The molecule has 0 unspecified atom stereocenters. The second-order valence-corrected chi connectivity index (χ2v) is 6.23. The molecular formula is C22H21N3. The van der Waals surface area contributed by atoms with Crippen molar-refractivity contribution in [1.82, 2.24) is 9.97 Å². The maximum Gasteiger partial charge on any atom is 0.137 e. The molecule has 0 amide bonds. The number of hydrogen-bond acceptors (Lipinski definition) is 3. The van der Waals surface area contributed by atoms with Gasteiger partial charge in [0.2, 0.25) is 0 Å². The van der Waals surface area contributed by atoms with Crippen LogP contribution in [-0.4, -0.2) is 16.5 Å². The van der Waals surface area contributed by atoms with E-state index in [1.54, 1.807) is 6.33 Å². The van der Waals surface area contributed by atoms with Crippen LogP contribution in [0.2, 0.25) is 0 Å². The van der Waals surface area contributed by atoms with E-state index in [4.69, 9.17) is 0 Å². The van der Waals surface area contributed by atoms with E-state index < -0.39 is 0 Å². The van der Waals surface area contributed by atoms with Crippen molar-refractivity contribution in [3.63, 3.8) is 0 Å². The van der Waals surface area contributed by atoms with Crippen LogP contribution in [0, 0.1) is 0 Å². The Morgan fingerprint density at radius 2 is 1.56 bits per heavy atom. The van der Waals surface area contributed by atoms with E-state index in [1.807, 2.05) is 0 Å². The van der Waals surface area contributed by atoms with Gasteiger partial charge in [-0.15, -0.1) is 0 Å². The van der Waals surface area contributed by atoms with E-state index in [1.165, 1.54) is 22.3 Å². The van der Waals surface area contributed by atoms with Crippen molar-refractivity contribution in [1.29, 1.82) is 0 Å². The van der Waals surface area contributed by atoms with Crippen LogP contribution in [0.15, 0.2) is 67.0 Å². The number of aromatic nitrogens is 2.